The lowest BCUT2D eigenvalue weighted by Gasteiger charge is -2.07. The number of carbonyl (C=O) groups excluding carboxylic acids is 1. The van der Waals surface area contributed by atoms with E-state index in [1.807, 2.05) is 30.3 Å². The van der Waals surface area contributed by atoms with Crippen molar-refractivity contribution in [2.75, 3.05) is 5.32 Å². The normalized spacial score (nSPS) is 10.1. The molecule has 0 aliphatic rings. The number of nitrogens with zero attached hydrogens (tertiary/aromatic N) is 1. The molecule has 0 spiro atoms. The van der Waals surface area contributed by atoms with Crippen LogP contribution in [0.3, 0.4) is 0 Å². The average molecular weight is 417 g/mol. The highest BCUT2D eigenvalue weighted by Gasteiger charge is 2.07. The topological polar surface area (TPSA) is 42.0 Å². The zero-order chi connectivity index (χ0) is 13.0. The van der Waals surface area contributed by atoms with Gasteiger partial charge in [-0.05, 0) is 68.3 Å². The van der Waals surface area contributed by atoms with Gasteiger partial charge in [0.2, 0.25) is 5.91 Å². The van der Waals surface area contributed by atoms with Crippen molar-refractivity contribution in [1.82, 2.24) is 4.98 Å². The molecule has 0 radical (unpaired) electrons. The van der Waals surface area contributed by atoms with Gasteiger partial charge in [-0.2, -0.15) is 0 Å². The Morgan fingerprint density at radius 3 is 2.94 bits per heavy atom. The van der Waals surface area contributed by atoms with Crippen molar-refractivity contribution in [3.63, 3.8) is 0 Å². The summed E-state index contributed by atoms with van der Waals surface area (Å²) in [6.45, 7) is 0. The first-order valence-electron chi connectivity index (χ1n) is 5.29. The molecule has 0 saturated carbocycles. The van der Waals surface area contributed by atoms with Gasteiger partial charge in [-0.1, -0.05) is 6.07 Å². The minimum Gasteiger partial charge on any atom is -0.325 e. The fourth-order valence-corrected chi connectivity index (χ4v) is 2.31. The molecule has 2 aromatic rings. The molecule has 5 heteroatoms. The van der Waals surface area contributed by atoms with Crippen molar-refractivity contribution in [3.05, 3.63) is 56.3 Å². The molecule has 2 rings (SSSR count). The number of rotatable bonds is 3. The van der Waals surface area contributed by atoms with Crippen LogP contribution in [0.25, 0.3) is 0 Å². The highest BCUT2D eigenvalue weighted by molar-refractivity contribution is 14.1. The van der Waals surface area contributed by atoms with Gasteiger partial charge in [-0.25, -0.2) is 0 Å². The molecule has 0 unspecified atom stereocenters. The zero-order valence-electron chi connectivity index (χ0n) is 9.36. The summed E-state index contributed by atoms with van der Waals surface area (Å²) in [5, 5.41) is 2.88. The summed E-state index contributed by atoms with van der Waals surface area (Å²) >= 11 is 5.62. The molecule has 1 N–H and O–H groups in total. The Labute approximate surface area is 127 Å². The van der Waals surface area contributed by atoms with E-state index in [1.54, 1.807) is 12.4 Å². The number of hydrogen-bond donors (Lipinski definition) is 1. The lowest BCUT2D eigenvalue weighted by atomic mass is 10.2. The molecule has 1 aromatic heterocycles. The van der Waals surface area contributed by atoms with E-state index < -0.39 is 0 Å². The molecule has 18 heavy (non-hydrogen) atoms. The first-order chi connectivity index (χ1) is 8.65. The fraction of sp³-hybridized carbons (Fsp3) is 0.0769. The maximum Gasteiger partial charge on any atom is 0.228 e. The van der Waals surface area contributed by atoms with Crippen LogP contribution < -0.4 is 5.32 Å². The molecule has 92 valence electrons. The van der Waals surface area contributed by atoms with Crippen LogP contribution in [0.2, 0.25) is 0 Å². The summed E-state index contributed by atoms with van der Waals surface area (Å²) < 4.78 is 1.95. The van der Waals surface area contributed by atoms with E-state index in [9.17, 15) is 4.79 Å². The molecular weight excluding hydrogens is 407 g/mol. The number of benzene rings is 1. The molecule has 3 nitrogen and oxygen atoms in total. The van der Waals surface area contributed by atoms with Crippen molar-refractivity contribution in [2.24, 2.45) is 0 Å². The third kappa shape index (κ3) is 3.78. The highest BCUT2D eigenvalue weighted by Crippen LogP contribution is 2.24. The molecular formula is C13H10BrIN2O. The van der Waals surface area contributed by atoms with Crippen LogP contribution in [-0.4, -0.2) is 10.9 Å². The van der Waals surface area contributed by atoms with Crippen LogP contribution in [0.15, 0.2) is 47.2 Å². The predicted octanol–water partition coefficient (Wildman–Crippen LogP) is 3.63. The molecule has 0 bridgehead atoms. The van der Waals surface area contributed by atoms with Crippen molar-refractivity contribution >= 4 is 50.1 Å². The first-order valence-corrected chi connectivity index (χ1v) is 7.16. The smallest absolute Gasteiger partial charge is 0.228 e. The second-order valence-electron chi connectivity index (χ2n) is 3.71. The standard InChI is InChI=1S/C13H10BrIN2O/c14-11-4-3-10(15)7-12(11)17-13(18)6-9-2-1-5-16-8-9/h1-5,7-8H,6H2,(H,17,18). The predicted molar refractivity (Wildman–Crippen MR) is 83.4 cm³/mol. The van der Waals surface area contributed by atoms with Crippen molar-refractivity contribution < 1.29 is 4.79 Å². The summed E-state index contributed by atoms with van der Waals surface area (Å²) in [7, 11) is 0. The Morgan fingerprint density at radius 1 is 1.39 bits per heavy atom. The monoisotopic (exact) mass is 416 g/mol. The molecule has 0 aliphatic carbocycles. The van der Waals surface area contributed by atoms with Crippen molar-refractivity contribution in [1.29, 1.82) is 0 Å². The van der Waals surface area contributed by atoms with Crippen LogP contribution in [0.1, 0.15) is 5.56 Å². The van der Waals surface area contributed by atoms with E-state index in [0.717, 1.165) is 19.3 Å². The lowest BCUT2D eigenvalue weighted by Crippen LogP contribution is -2.14. The van der Waals surface area contributed by atoms with Crippen molar-refractivity contribution in [2.45, 2.75) is 6.42 Å². The summed E-state index contributed by atoms with van der Waals surface area (Å²) in [6.07, 6.45) is 3.71. The van der Waals surface area contributed by atoms with E-state index in [-0.39, 0.29) is 5.91 Å². The fourth-order valence-electron chi connectivity index (χ4n) is 1.48. The number of carbonyl (C=O) groups is 1. The molecule has 1 amide bonds. The summed E-state index contributed by atoms with van der Waals surface area (Å²) in [4.78, 5) is 15.9. The quantitative estimate of drug-likeness (QED) is 0.776. The average Bonchev–Trinajstić information content (AvgIpc) is 2.35. The minimum absolute atomic E-state index is 0.0503. The number of amides is 1. The Hall–Kier alpha value is -0.950. The van der Waals surface area contributed by atoms with Crippen molar-refractivity contribution in [3.8, 4) is 0 Å². The molecule has 0 atom stereocenters. The van der Waals surface area contributed by atoms with Crippen LogP contribution in [0, 0.1) is 3.57 Å². The van der Waals surface area contributed by atoms with E-state index in [2.05, 4.69) is 48.8 Å². The number of halogens is 2. The zero-order valence-corrected chi connectivity index (χ0v) is 13.1. The van der Waals surface area contributed by atoms with Gasteiger partial charge in [0.25, 0.3) is 0 Å². The third-order valence-electron chi connectivity index (χ3n) is 2.29. The second-order valence-corrected chi connectivity index (χ2v) is 5.81. The highest BCUT2D eigenvalue weighted by atomic mass is 127. The largest absolute Gasteiger partial charge is 0.325 e. The molecule has 1 heterocycles. The molecule has 1 aromatic carbocycles. The molecule has 0 fully saturated rings. The van der Waals surface area contributed by atoms with Gasteiger partial charge in [0.05, 0.1) is 12.1 Å². The van der Waals surface area contributed by atoms with Crippen LogP contribution in [0.5, 0.6) is 0 Å². The van der Waals surface area contributed by atoms with E-state index in [1.165, 1.54) is 0 Å². The van der Waals surface area contributed by atoms with Gasteiger partial charge in [-0.3, -0.25) is 9.78 Å². The molecule has 0 aliphatic heterocycles. The number of hydrogen-bond acceptors (Lipinski definition) is 2. The number of aromatic nitrogens is 1. The first kappa shape index (κ1) is 13.5. The van der Waals surface area contributed by atoms with E-state index in [0.29, 0.717) is 6.42 Å². The Balaban J connectivity index is 2.05. The minimum atomic E-state index is -0.0503. The Kier molecular flexibility index (Phi) is 4.71. The summed E-state index contributed by atoms with van der Waals surface area (Å²) in [5.41, 5.74) is 1.69. The van der Waals surface area contributed by atoms with Gasteiger partial charge >= 0.3 is 0 Å². The number of anilines is 1. The SMILES string of the molecule is O=C(Cc1cccnc1)Nc1cc(I)ccc1Br. The number of nitrogens with one attached hydrogen (secondary N) is 1. The summed E-state index contributed by atoms with van der Waals surface area (Å²) in [6, 6.07) is 9.52. The number of pyridine rings is 1. The van der Waals surface area contributed by atoms with Gasteiger partial charge < -0.3 is 5.32 Å². The lowest BCUT2D eigenvalue weighted by molar-refractivity contribution is -0.115. The van der Waals surface area contributed by atoms with Crippen LogP contribution in [0.4, 0.5) is 5.69 Å². The van der Waals surface area contributed by atoms with E-state index >= 15 is 0 Å². The van der Waals surface area contributed by atoms with Gasteiger partial charge in [0, 0.05) is 20.4 Å². The van der Waals surface area contributed by atoms with Crippen LogP contribution >= 0.6 is 38.5 Å². The van der Waals surface area contributed by atoms with Gasteiger partial charge in [0.15, 0.2) is 0 Å². The summed E-state index contributed by atoms with van der Waals surface area (Å²) in [5.74, 6) is -0.0503. The molecule has 0 saturated heterocycles. The third-order valence-corrected chi connectivity index (χ3v) is 3.65. The maximum atomic E-state index is 11.9. The van der Waals surface area contributed by atoms with Gasteiger partial charge in [-0.15, -0.1) is 0 Å². The van der Waals surface area contributed by atoms with Crippen LogP contribution in [-0.2, 0) is 11.2 Å². The Morgan fingerprint density at radius 2 is 2.22 bits per heavy atom. The van der Waals surface area contributed by atoms with E-state index in [4.69, 9.17) is 0 Å². The second kappa shape index (κ2) is 6.29. The Bertz CT molecular complexity index is 560. The van der Waals surface area contributed by atoms with Gasteiger partial charge in [0.1, 0.15) is 0 Å². The maximum absolute atomic E-state index is 11.9.